The Labute approximate surface area is 91.2 Å². The second kappa shape index (κ2) is 4.91. The largest absolute Gasteiger partial charge is 0.496 e. The normalized spacial score (nSPS) is 10.5. The van der Waals surface area contributed by atoms with E-state index in [0.717, 1.165) is 17.7 Å². The highest BCUT2D eigenvalue weighted by atomic mass is 16.5. The maximum atomic E-state index is 6.01. The van der Waals surface area contributed by atoms with Gasteiger partial charge in [-0.25, -0.2) is 0 Å². The molecule has 0 saturated carbocycles. The third kappa shape index (κ3) is 2.55. The Kier molecular flexibility index (Phi) is 3.83. The maximum Gasteiger partial charge on any atom is 0.142 e. The van der Waals surface area contributed by atoms with Gasteiger partial charge in [0.25, 0.3) is 0 Å². The van der Waals surface area contributed by atoms with Crippen molar-refractivity contribution in [3.05, 3.63) is 17.7 Å². The monoisotopic (exact) mass is 209 g/mol. The van der Waals surface area contributed by atoms with Gasteiger partial charge >= 0.3 is 0 Å². The van der Waals surface area contributed by atoms with E-state index in [-0.39, 0.29) is 0 Å². The van der Waals surface area contributed by atoms with Crippen LogP contribution in [0.5, 0.6) is 11.5 Å². The summed E-state index contributed by atoms with van der Waals surface area (Å²) in [4.78, 5) is 0. The average molecular weight is 209 g/mol. The van der Waals surface area contributed by atoms with E-state index in [2.05, 4.69) is 13.8 Å². The first-order chi connectivity index (χ1) is 7.10. The molecule has 1 aromatic carbocycles. The smallest absolute Gasteiger partial charge is 0.142 e. The van der Waals surface area contributed by atoms with Crippen molar-refractivity contribution in [3.8, 4) is 11.5 Å². The van der Waals surface area contributed by atoms with Gasteiger partial charge in [-0.3, -0.25) is 0 Å². The molecule has 0 radical (unpaired) electrons. The molecule has 84 valence electrons. The van der Waals surface area contributed by atoms with E-state index in [1.165, 1.54) is 0 Å². The maximum absolute atomic E-state index is 6.01. The zero-order valence-corrected chi connectivity index (χ0v) is 9.83. The minimum Gasteiger partial charge on any atom is -0.496 e. The fourth-order valence-electron chi connectivity index (χ4n) is 1.61. The van der Waals surface area contributed by atoms with Crippen LogP contribution in [0, 0.1) is 5.92 Å². The lowest BCUT2D eigenvalue weighted by atomic mass is 10.00. The number of ether oxygens (including phenoxy) is 2. The number of benzene rings is 1. The number of rotatable bonds is 4. The quantitative estimate of drug-likeness (QED) is 0.775. The molecule has 0 aliphatic rings. The summed E-state index contributed by atoms with van der Waals surface area (Å²) in [5, 5.41) is 0. The molecular weight excluding hydrogens is 190 g/mol. The predicted molar refractivity (Wildman–Crippen MR) is 62.5 cm³/mol. The number of methoxy groups -OCH3 is 2. The summed E-state index contributed by atoms with van der Waals surface area (Å²) in [5.41, 5.74) is 7.73. The van der Waals surface area contributed by atoms with Gasteiger partial charge in [0.05, 0.1) is 19.9 Å². The molecule has 0 atom stereocenters. The Morgan fingerprint density at radius 1 is 1.13 bits per heavy atom. The molecule has 0 heterocycles. The fourth-order valence-corrected chi connectivity index (χ4v) is 1.61. The number of nitrogens with two attached hydrogens (primary N) is 1. The van der Waals surface area contributed by atoms with Crippen LogP contribution in [0.2, 0.25) is 0 Å². The number of nitrogen functional groups attached to an aromatic ring is 1. The van der Waals surface area contributed by atoms with Gasteiger partial charge in [0, 0.05) is 5.56 Å². The van der Waals surface area contributed by atoms with Gasteiger partial charge in [-0.15, -0.1) is 0 Å². The summed E-state index contributed by atoms with van der Waals surface area (Å²) in [6, 6.07) is 3.73. The van der Waals surface area contributed by atoms with Crippen molar-refractivity contribution >= 4 is 5.69 Å². The van der Waals surface area contributed by atoms with Crippen molar-refractivity contribution in [2.24, 2.45) is 5.92 Å². The van der Waals surface area contributed by atoms with Crippen LogP contribution >= 0.6 is 0 Å². The van der Waals surface area contributed by atoms with Crippen molar-refractivity contribution in [3.63, 3.8) is 0 Å². The van der Waals surface area contributed by atoms with Gasteiger partial charge in [-0.2, -0.15) is 0 Å². The van der Waals surface area contributed by atoms with Gasteiger partial charge < -0.3 is 15.2 Å². The molecule has 0 spiro atoms. The van der Waals surface area contributed by atoms with Crippen LogP contribution in [0.4, 0.5) is 5.69 Å². The molecule has 0 bridgehead atoms. The van der Waals surface area contributed by atoms with Crippen molar-refractivity contribution in [2.75, 3.05) is 20.0 Å². The highest BCUT2D eigenvalue weighted by Gasteiger charge is 2.13. The van der Waals surface area contributed by atoms with Gasteiger partial charge in [-0.05, 0) is 24.5 Å². The van der Waals surface area contributed by atoms with Gasteiger partial charge in [-0.1, -0.05) is 13.8 Å². The minimum absolute atomic E-state index is 0.535. The van der Waals surface area contributed by atoms with Crippen molar-refractivity contribution in [1.82, 2.24) is 0 Å². The second-order valence-electron chi connectivity index (χ2n) is 3.96. The minimum atomic E-state index is 0.535. The third-order valence-electron chi connectivity index (χ3n) is 2.33. The van der Waals surface area contributed by atoms with E-state index in [9.17, 15) is 0 Å². The molecule has 0 aromatic heterocycles. The second-order valence-corrected chi connectivity index (χ2v) is 3.96. The van der Waals surface area contributed by atoms with Crippen molar-refractivity contribution < 1.29 is 9.47 Å². The van der Waals surface area contributed by atoms with Crippen molar-refractivity contribution in [2.45, 2.75) is 20.3 Å². The molecule has 15 heavy (non-hydrogen) atoms. The van der Waals surface area contributed by atoms with E-state index in [4.69, 9.17) is 15.2 Å². The van der Waals surface area contributed by atoms with Gasteiger partial charge in [0.1, 0.15) is 11.5 Å². The van der Waals surface area contributed by atoms with E-state index < -0.39 is 0 Å². The van der Waals surface area contributed by atoms with E-state index >= 15 is 0 Å². The Morgan fingerprint density at radius 2 is 1.67 bits per heavy atom. The lowest BCUT2D eigenvalue weighted by Gasteiger charge is -2.15. The molecule has 0 aliphatic heterocycles. The first-order valence-corrected chi connectivity index (χ1v) is 5.09. The van der Waals surface area contributed by atoms with E-state index in [1.54, 1.807) is 14.2 Å². The summed E-state index contributed by atoms with van der Waals surface area (Å²) >= 11 is 0. The van der Waals surface area contributed by atoms with Gasteiger partial charge in [0.2, 0.25) is 0 Å². The van der Waals surface area contributed by atoms with Crippen LogP contribution < -0.4 is 15.2 Å². The number of hydrogen-bond acceptors (Lipinski definition) is 3. The van der Waals surface area contributed by atoms with Crippen LogP contribution in [-0.2, 0) is 6.42 Å². The highest BCUT2D eigenvalue weighted by Crippen LogP contribution is 2.34. The highest BCUT2D eigenvalue weighted by molar-refractivity contribution is 5.63. The van der Waals surface area contributed by atoms with Crippen LogP contribution in [-0.4, -0.2) is 14.2 Å². The molecule has 0 unspecified atom stereocenters. The standard InChI is InChI=1S/C12H19NO2/c1-8(2)7-9-10(14-3)5-6-11(15-4)12(9)13/h5-6,8H,7,13H2,1-4H3. The summed E-state index contributed by atoms with van der Waals surface area (Å²) < 4.78 is 10.5. The van der Waals surface area contributed by atoms with E-state index in [0.29, 0.717) is 17.4 Å². The molecule has 1 rings (SSSR count). The Bertz CT molecular complexity index is 335. The van der Waals surface area contributed by atoms with Crippen LogP contribution in [0.15, 0.2) is 12.1 Å². The van der Waals surface area contributed by atoms with Crippen LogP contribution in [0.1, 0.15) is 19.4 Å². The summed E-state index contributed by atoms with van der Waals surface area (Å²) in [5.74, 6) is 2.08. The zero-order valence-electron chi connectivity index (χ0n) is 9.83. The first-order valence-electron chi connectivity index (χ1n) is 5.09. The van der Waals surface area contributed by atoms with Crippen LogP contribution in [0.3, 0.4) is 0 Å². The molecular formula is C12H19NO2. The Balaban J connectivity index is 3.16. The molecule has 0 fully saturated rings. The summed E-state index contributed by atoms with van der Waals surface area (Å²) in [6.07, 6.45) is 0.895. The number of anilines is 1. The third-order valence-corrected chi connectivity index (χ3v) is 2.33. The topological polar surface area (TPSA) is 44.5 Å². The Morgan fingerprint density at radius 3 is 2.13 bits per heavy atom. The van der Waals surface area contributed by atoms with Crippen LogP contribution in [0.25, 0.3) is 0 Å². The number of hydrogen-bond donors (Lipinski definition) is 1. The molecule has 3 heteroatoms. The van der Waals surface area contributed by atoms with Gasteiger partial charge in [0.15, 0.2) is 0 Å². The Hall–Kier alpha value is -1.38. The lowest BCUT2D eigenvalue weighted by Crippen LogP contribution is -2.04. The van der Waals surface area contributed by atoms with Crippen molar-refractivity contribution in [1.29, 1.82) is 0 Å². The predicted octanol–water partition coefficient (Wildman–Crippen LogP) is 2.48. The fraction of sp³-hybridized carbons (Fsp3) is 0.500. The SMILES string of the molecule is COc1ccc(OC)c(CC(C)C)c1N. The molecule has 1 aromatic rings. The first kappa shape index (κ1) is 11.7. The summed E-state index contributed by atoms with van der Waals surface area (Å²) in [7, 11) is 3.28. The summed E-state index contributed by atoms with van der Waals surface area (Å²) in [6.45, 7) is 4.30. The molecule has 2 N–H and O–H groups in total. The molecule has 3 nitrogen and oxygen atoms in total. The molecule has 0 saturated heterocycles. The zero-order chi connectivity index (χ0) is 11.4. The average Bonchev–Trinajstić information content (AvgIpc) is 2.20. The molecule has 0 aliphatic carbocycles. The molecule has 0 amide bonds. The van der Waals surface area contributed by atoms with E-state index in [1.807, 2.05) is 12.1 Å². The lowest BCUT2D eigenvalue weighted by molar-refractivity contribution is 0.398.